The number of carbonyl (C=O) groups is 1. The lowest BCUT2D eigenvalue weighted by Crippen LogP contribution is -2.49. The largest absolute Gasteiger partial charge is 0.382 e. The second-order valence-corrected chi connectivity index (χ2v) is 10.0. The molecule has 182 valence electrons. The quantitative estimate of drug-likeness (QED) is 0.479. The van der Waals surface area contributed by atoms with Gasteiger partial charge in [0.1, 0.15) is 0 Å². The summed E-state index contributed by atoms with van der Waals surface area (Å²) in [6.07, 6.45) is 2.94. The van der Waals surface area contributed by atoms with Crippen LogP contribution in [0.3, 0.4) is 0 Å². The monoisotopic (exact) mass is 497 g/mol. The standard InChI is InChI=1S/C22H32ClN5O4S/c1-3-11-27-17-18(21(29)24-10-7-16-32-4-2)22(25-27)33(30,31)28-14-12-26(13-15-28)20-9-6-5-8-19(20)23/h5-6,8-9,17H,3-4,7,10-16H2,1-2H3,(H,24,29). The molecule has 1 aliphatic heterocycles. The van der Waals surface area contributed by atoms with Crippen molar-refractivity contribution in [3.8, 4) is 0 Å². The summed E-state index contributed by atoms with van der Waals surface area (Å²) >= 11 is 6.30. The van der Waals surface area contributed by atoms with Gasteiger partial charge in [0.25, 0.3) is 15.9 Å². The molecule has 1 N–H and O–H groups in total. The van der Waals surface area contributed by atoms with Crippen LogP contribution in [0.15, 0.2) is 35.5 Å². The molecule has 1 fully saturated rings. The van der Waals surface area contributed by atoms with Crippen molar-refractivity contribution in [1.29, 1.82) is 0 Å². The molecular weight excluding hydrogens is 466 g/mol. The second kappa shape index (κ2) is 11.8. The van der Waals surface area contributed by atoms with E-state index in [0.29, 0.717) is 50.8 Å². The number of aromatic nitrogens is 2. The van der Waals surface area contributed by atoms with Crippen molar-refractivity contribution in [3.63, 3.8) is 0 Å². The normalized spacial score (nSPS) is 15.1. The molecule has 0 atom stereocenters. The summed E-state index contributed by atoms with van der Waals surface area (Å²) in [5.74, 6) is -0.442. The number of nitrogens with zero attached hydrogens (tertiary/aromatic N) is 4. The number of hydrogen-bond donors (Lipinski definition) is 1. The number of para-hydroxylation sites is 1. The Kier molecular flexibility index (Phi) is 9.13. The number of amides is 1. The molecule has 0 saturated carbocycles. The van der Waals surface area contributed by atoms with Gasteiger partial charge in [-0.15, -0.1) is 0 Å². The summed E-state index contributed by atoms with van der Waals surface area (Å²) in [4.78, 5) is 14.9. The predicted octanol–water partition coefficient (Wildman–Crippen LogP) is 2.61. The number of sulfonamides is 1. The SMILES string of the molecule is CCCn1cc(C(=O)NCCCOCC)c(S(=O)(=O)N2CCN(c3ccccc3Cl)CC2)n1. The highest BCUT2D eigenvalue weighted by Crippen LogP contribution is 2.27. The Balaban J connectivity index is 1.74. The Bertz CT molecular complexity index is 1040. The molecule has 0 spiro atoms. The molecule has 0 bridgehead atoms. The molecule has 9 nitrogen and oxygen atoms in total. The van der Waals surface area contributed by atoms with E-state index in [2.05, 4.69) is 15.3 Å². The molecule has 1 amide bonds. The van der Waals surface area contributed by atoms with Gasteiger partial charge < -0.3 is 15.0 Å². The topological polar surface area (TPSA) is 96.8 Å². The summed E-state index contributed by atoms with van der Waals surface area (Å²) in [7, 11) is -3.93. The molecule has 1 aliphatic rings. The first-order chi connectivity index (χ1) is 15.9. The van der Waals surface area contributed by atoms with Crippen LogP contribution < -0.4 is 10.2 Å². The van der Waals surface area contributed by atoms with Crippen molar-refractivity contribution in [2.45, 2.75) is 38.3 Å². The minimum atomic E-state index is -3.93. The number of piperazine rings is 1. The zero-order chi connectivity index (χ0) is 23.8. The van der Waals surface area contributed by atoms with Gasteiger partial charge in [-0.1, -0.05) is 30.7 Å². The maximum absolute atomic E-state index is 13.5. The van der Waals surface area contributed by atoms with E-state index in [0.717, 1.165) is 12.1 Å². The highest BCUT2D eigenvalue weighted by atomic mass is 35.5. The molecule has 33 heavy (non-hydrogen) atoms. The van der Waals surface area contributed by atoms with E-state index >= 15 is 0 Å². The van der Waals surface area contributed by atoms with Crippen LogP contribution >= 0.6 is 11.6 Å². The highest BCUT2D eigenvalue weighted by Gasteiger charge is 2.35. The van der Waals surface area contributed by atoms with Crippen molar-refractivity contribution in [2.24, 2.45) is 0 Å². The lowest BCUT2D eigenvalue weighted by atomic mass is 10.2. The summed E-state index contributed by atoms with van der Waals surface area (Å²) in [5, 5.41) is 7.51. The molecule has 2 heterocycles. The average molecular weight is 498 g/mol. The van der Waals surface area contributed by atoms with Crippen LogP contribution in [0.2, 0.25) is 5.02 Å². The number of benzene rings is 1. The van der Waals surface area contributed by atoms with Gasteiger partial charge in [0.15, 0.2) is 0 Å². The minimum absolute atomic E-state index is 0.0772. The maximum Gasteiger partial charge on any atom is 0.263 e. The smallest absolute Gasteiger partial charge is 0.263 e. The van der Waals surface area contributed by atoms with Gasteiger partial charge in [0, 0.05) is 58.7 Å². The van der Waals surface area contributed by atoms with Crippen LogP contribution in [0.25, 0.3) is 0 Å². The lowest BCUT2D eigenvalue weighted by molar-refractivity contribution is 0.0940. The van der Waals surface area contributed by atoms with Gasteiger partial charge in [0.2, 0.25) is 5.03 Å². The minimum Gasteiger partial charge on any atom is -0.382 e. The fraction of sp³-hybridized carbons (Fsp3) is 0.545. The van der Waals surface area contributed by atoms with Crippen molar-refractivity contribution >= 4 is 33.2 Å². The molecule has 0 aliphatic carbocycles. The third-order valence-corrected chi connectivity index (χ3v) is 7.55. The van der Waals surface area contributed by atoms with Crippen molar-refractivity contribution in [2.75, 3.05) is 50.8 Å². The lowest BCUT2D eigenvalue weighted by Gasteiger charge is -2.35. The highest BCUT2D eigenvalue weighted by molar-refractivity contribution is 7.89. The summed E-state index contributed by atoms with van der Waals surface area (Å²) in [6.45, 7) is 7.51. The second-order valence-electron chi connectivity index (χ2n) is 7.76. The molecule has 0 unspecified atom stereocenters. The number of halogens is 1. The van der Waals surface area contributed by atoms with E-state index in [1.54, 1.807) is 0 Å². The van der Waals surface area contributed by atoms with E-state index < -0.39 is 15.9 Å². The fourth-order valence-electron chi connectivity index (χ4n) is 3.71. The zero-order valence-corrected chi connectivity index (χ0v) is 20.7. The number of ether oxygens (including phenoxy) is 1. The van der Waals surface area contributed by atoms with E-state index in [-0.39, 0.29) is 23.7 Å². The van der Waals surface area contributed by atoms with Gasteiger partial charge in [-0.05, 0) is 31.9 Å². The number of rotatable bonds is 11. The Morgan fingerprint density at radius 1 is 1.18 bits per heavy atom. The van der Waals surface area contributed by atoms with Gasteiger partial charge in [-0.2, -0.15) is 9.40 Å². The molecule has 2 aromatic rings. The van der Waals surface area contributed by atoms with Crippen molar-refractivity contribution in [3.05, 3.63) is 41.0 Å². The van der Waals surface area contributed by atoms with Crippen LogP contribution in [0.4, 0.5) is 5.69 Å². The van der Waals surface area contributed by atoms with Gasteiger partial charge in [-0.25, -0.2) is 8.42 Å². The van der Waals surface area contributed by atoms with Crippen LogP contribution in [0.1, 0.15) is 37.0 Å². The van der Waals surface area contributed by atoms with Crippen molar-refractivity contribution < 1.29 is 17.9 Å². The van der Waals surface area contributed by atoms with Crippen LogP contribution in [-0.2, 0) is 21.3 Å². The predicted molar refractivity (Wildman–Crippen MR) is 128 cm³/mol. The Labute approximate surface area is 200 Å². The number of hydrogen-bond acceptors (Lipinski definition) is 6. The molecule has 0 radical (unpaired) electrons. The molecule has 1 aromatic heterocycles. The molecule has 3 rings (SSSR count). The first kappa shape index (κ1) is 25.5. The molecule has 11 heteroatoms. The molecular formula is C22H32ClN5O4S. The first-order valence-corrected chi connectivity index (χ1v) is 13.1. The van der Waals surface area contributed by atoms with E-state index in [1.807, 2.05) is 38.1 Å². The maximum atomic E-state index is 13.5. The Morgan fingerprint density at radius 2 is 1.91 bits per heavy atom. The van der Waals surface area contributed by atoms with Crippen LogP contribution in [0, 0.1) is 0 Å². The van der Waals surface area contributed by atoms with Crippen LogP contribution in [0.5, 0.6) is 0 Å². The van der Waals surface area contributed by atoms with E-state index in [9.17, 15) is 13.2 Å². The number of nitrogens with one attached hydrogen (secondary N) is 1. The number of anilines is 1. The van der Waals surface area contributed by atoms with E-state index in [1.165, 1.54) is 15.2 Å². The van der Waals surface area contributed by atoms with Gasteiger partial charge in [0.05, 0.1) is 16.3 Å². The Morgan fingerprint density at radius 3 is 2.58 bits per heavy atom. The summed E-state index contributed by atoms with van der Waals surface area (Å²) in [6, 6.07) is 7.51. The zero-order valence-electron chi connectivity index (χ0n) is 19.2. The number of carbonyl (C=O) groups excluding carboxylic acids is 1. The molecule has 1 aromatic carbocycles. The first-order valence-electron chi connectivity index (χ1n) is 11.3. The number of aryl methyl sites for hydroxylation is 1. The van der Waals surface area contributed by atoms with Gasteiger partial charge >= 0.3 is 0 Å². The fourth-order valence-corrected chi connectivity index (χ4v) is 5.48. The Hall–Kier alpha value is -2.14. The van der Waals surface area contributed by atoms with E-state index in [4.69, 9.17) is 16.3 Å². The van der Waals surface area contributed by atoms with Crippen LogP contribution in [-0.4, -0.2) is 74.3 Å². The average Bonchev–Trinajstić information content (AvgIpc) is 3.24. The summed E-state index contributed by atoms with van der Waals surface area (Å²) in [5.41, 5.74) is 0.962. The molecule has 1 saturated heterocycles. The third-order valence-electron chi connectivity index (χ3n) is 5.40. The third kappa shape index (κ3) is 6.26. The summed E-state index contributed by atoms with van der Waals surface area (Å²) < 4.78 is 35.1. The van der Waals surface area contributed by atoms with Crippen molar-refractivity contribution in [1.82, 2.24) is 19.4 Å². The van der Waals surface area contributed by atoms with Gasteiger partial charge in [-0.3, -0.25) is 9.48 Å².